The molecule has 1 aliphatic rings. The monoisotopic (exact) mass is 464 g/mol. The zero-order chi connectivity index (χ0) is 22.5. The second kappa shape index (κ2) is 10.6. The Bertz CT molecular complexity index is 924. The van der Waals surface area contributed by atoms with Gasteiger partial charge in [-0.25, -0.2) is 0 Å². The van der Waals surface area contributed by atoms with Crippen molar-refractivity contribution in [2.75, 3.05) is 31.8 Å². The van der Waals surface area contributed by atoms with Crippen molar-refractivity contribution in [1.29, 1.82) is 0 Å². The highest BCUT2D eigenvalue weighted by Gasteiger charge is 2.36. The van der Waals surface area contributed by atoms with Crippen LogP contribution in [0.5, 0.6) is 11.5 Å². The minimum Gasteiger partial charge on any atom is -0.497 e. The molecule has 0 aromatic heterocycles. The molecule has 3 rings (SSSR count). The first kappa shape index (κ1) is 23.7. The molecule has 6 nitrogen and oxygen atoms in total. The zero-order valence-electron chi connectivity index (χ0n) is 18.2. The number of anilines is 1. The van der Waals surface area contributed by atoms with E-state index in [1.807, 2.05) is 30.3 Å². The molecule has 8 heteroatoms. The highest BCUT2D eigenvalue weighted by Crippen LogP contribution is 2.54. The number of halogens is 1. The number of nitrogens with one attached hydrogen (secondary N) is 1. The van der Waals surface area contributed by atoms with Crippen LogP contribution in [0.3, 0.4) is 0 Å². The number of hydrogen-bond acceptors (Lipinski definition) is 6. The summed E-state index contributed by atoms with van der Waals surface area (Å²) in [5.74, 6) is 1.65. The van der Waals surface area contributed by atoms with E-state index in [-0.39, 0.29) is 23.9 Å². The fourth-order valence-corrected chi connectivity index (χ4v) is 5.15. The third kappa shape index (κ3) is 5.47. The summed E-state index contributed by atoms with van der Waals surface area (Å²) in [7, 11) is 1.61. The number of rotatable bonds is 9. The molecule has 0 radical (unpaired) electrons. The molecule has 1 aliphatic heterocycles. The first-order valence-corrected chi connectivity index (χ1v) is 11.5. The first-order valence-electron chi connectivity index (χ1n) is 10.3. The molecule has 31 heavy (non-hydrogen) atoms. The summed E-state index contributed by atoms with van der Waals surface area (Å²) in [5, 5.41) is 13.1. The van der Waals surface area contributed by atoms with Crippen LogP contribution >= 0.6 is 23.4 Å². The molecule has 168 valence electrons. The van der Waals surface area contributed by atoms with Gasteiger partial charge in [0, 0.05) is 35.0 Å². The van der Waals surface area contributed by atoms with Crippen molar-refractivity contribution in [3.8, 4) is 11.5 Å². The maximum Gasteiger partial charge on any atom is 0.225 e. The summed E-state index contributed by atoms with van der Waals surface area (Å²) in [6, 6.07) is 11.2. The summed E-state index contributed by atoms with van der Waals surface area (Å²) in [4.78, 5) is 15.3. The normalized spacial score (nSPS) is 16.4. The molecule has 1 amide bonds. The average molecular weight is 465 g/mol. The van der Waals surface area contributed by atoms with Crippen LogP contribution in [0.15, 0.2) is 41.3 Å². The van der Waals surface area contributed by atoms with Gasteiger partial charge in [0.15, 0.2) is 0 Å². The van der Waals surface area contributed by atoms with E-state index in [1.54, 1.807) is 36.8 Å². The van der Waals surface area contributed by atoms with Gasteiger partial charge >= 0.3 is 0 Å². The predicted molar refractivity (Wildman–Crippen MR) is 125 cm³/mol. The summed E-state index contributed by atoms with van der Waals surface area (Å²) in [6.07, 6.45) is 0. The van der Waals surface area contributed by atoms with Crippen LogP contribution in [0.25, 0.3) is 0 Å². The van der Waals surface area contributed by atoms with Crippen LogP contribution < -0.4 is 19.7 Å². The van der Waals surface area contributed by atoms with Gasteiger partial charge in [0.25, 0.3) is 0 Å². The Kier molecular flexibility index (Phi) is 8.11. The fraction of sp³-hybridized carbons (Fsp3) is 0.435. The molecular formula is C23H29ClN2O4S. The van der Waals surface area contributed by atoms with E-state index in [4.69, 9.17) is 21.1 Å². The summed E-state index contributed by atoms with van der Waals surface area (Å²) in [6.45, 7) is 6.79. The van der Waals surface area contributed by atoms with Crippen LogP contribution in [-0.2, 0) is 4.79 Å². The molecule has 0 bridgehead atoms. The molecule has 2 atom stereocenters. The number of amides is 1. The molecule has 0 aliphatic carbocycles. The Balaban J connectivity index is 1.84. The predicted octanol–water partition coefficient (Wildman–Crippen LogP) is 4.49. The van der Waals surface area contributed by atoms with Crippen molar-refractivity contribution in [3.05, 3.63) is 47.0 Å². The lowest BCUT2D eigenvalue weighted by Crippen LogP contribution is -2.39. The molecule has 0 spiro atoms. The number of aliphatic hydroxyl groups is 1. The second-order valence-electron chi connectivity index (χ2n) is 7.71. The van der Waals surface area contributed by atoms with E-state index >= 15 is 0 Å². The number of benzene rings is 2. The molecule has 0 saturated carbocycles. The van der Waals surface area contributed by atoms with E-state index in [0.717, 1.165) is 16.1 Å². The summed E-state index contributed by atoms with van der Waals surface area (Å²) in [5.41, 5.74) is 1.69. The van der Waals surface area contributed by atoms with E-state index in [9.17, 15) is 9.90 Å². The Morgan fingerprint density at radius 3 is 2.71 bits per heavy atom. The van der Waals surface area contributed by atoms with Crippen LogP contribution in [0.1, 0.15) is 31.7 Å². The van der Waals surface area contributed by atoms with E-state index in [2.05, 4.69) is 19.2 Å². The Morgan fingerprint density at radius 1 is 1.29 bits per heavy atom. The molecule has 1 unspecified atom stereocenters. The van der Waals surface area contributed by atoms with Gasteiger partial charge in [0.2, 0.25) is 5.91 Å². The number of carbonyl (C=O) groups excluding carboxylic acids is 1. The number of ether oxygens (including phenoxy) is 2. The molecule has 2 N–H and O–H groups in total. The average Bonchev–Trinajstić information content (AvgIpc) is 3.12. The molecule has 0 saturated heterocycles. The van der Waals surface area contributed by atoms with Crippen molar-refractivity contribution in [3.63, 3.8) is 0 Å². The van der Waals surface area contributed by atoms with Gasteiger partial charge in [-0.1, -0.05) is 37.2 Å². The van der Waals surface area contributed by atoms with Crippen molar-refractivity contribution < 1.29 is 19.4 Å². The highest BCUT2D eigenvalue weighted by atomic mass is 35.5. The van der Waals surface area contributed by atoms with Crippen LogP contribution in [-0.4, -0.2) is 43.9 Å². The number of aliphatic hydroxyl groups excluding tert-OH is 1. The van der Waals surface area contributed by atoms with E-state index in [1.165, 1.54) is 0 Å². The Hall–Kier alpha value is -1.93. The summed E-state index contributed by atoms with van der Waals surface area (Å²) >= 11 is 7.74. The van der Waals surface area contributed by atoms with Crippen molar-refractivity contribution in [2.45, 2.75) is 37.1 Å². The van der Waals surface area contributed by atoms with Crippen molar-refractivity contribution >= 4 is 35.0 Å². The van der Waals surface area contributed by atoms with Crippen molar-refractivity contribution in [2.24, 2.45) is 5.92 Å². The van der Waals surface area contributed by atoms with Gasteiger partial charge in [0.05, 0.1) is 19.4 Å². The van der Waals surface area contributed by atoms with Gasteiger partial charge in [-0.2, -0.15) is 0 Å². The first-order chi connectivity index (χ1) is 14.8. The van der Waals surface area contributed by atoms with E-state index in [0.29, 0.717) is 35.6 Å². The van der Waals surface area contributed by atoms with Gasteiger partial charge in [-0.05, 0) is 42.3 Å². The number of nitrogens with zero attached hydrogens (tertiary/aromatic N) is 1. The maximum atomic E-state index is 12.5. The number of thioether (sulfide) groups is 1. The lowest BCUT2D eigenvalue weighted by Gasteiger charge is -2.26. The molecule has 0 fully saturated rings. The Morgan fingerprint density at radius 2 is 2.06 bits per heavy atom. The minimum absolute atomic E-state index is 0.0248. The lowest BCUT2D eigenvalue weighted by atomic mass is 10.1. The highest BCUT2D eigenvalue weighted by molar-refractivity contribution is 8.00. The number of methoxy groups -OCH3 is 1. The Labute approximate surface area is 192 Å². The smallest absolute Gasteiger partial charge is 0.225 e. The number of hydrogen-bond donors (Lipinski definition) is 2. The molecular weight excluding hydrogens is 436 g/mol. The zero-order valence-corrected chi connectivity index (χ0v) is 19.8. The lowest BCUT2D eigenvalue weighted by molar-refractivity contribution is -0.116. The molecule has 2 aromatic rings. The minimum atomic E-state index is -0.287. The quantitative estimate of drug-likeness (QED) is 0.533. The SMILES string of the molecule is COc1ccc(OCCN[C@H](CO)C(C)C)c(C2Sc3cc(Cl)ccc3N2C(C)=O)c1. The fourth-order valence-electron chi connectivity index (χ4n) is 3.51. The summed E-state index contributed by atoms with van der Waals surface area (Å²) < 4.78 is 11.5. The molecule has 2 aromatic carbocycles. The topological polar surface area (TPSA) is 71.0 Å². The second-order valence-corrected chi connectivity index (χ2v) is 9.27. The number of carbonyl (C=O) groups is 1. The maximum absolute atomic E-state index is 12.5. The number of fused-ring (bicyclic) bond motifs is 1. The van der Waals surface area contributed by atoms with Gasteiger partial charge < -0.3 is 19.9 Å². The van der Waals surface area contributed by atoms with Crippen molar-refractivity contribution in [1.82, 2.24) is 5.32 Å². The van der Waals surface area contributed by atoms with E-state index < -0.39 is 0 Å². The van der Waals surface area contributed by atoms with Crippen LogP contribution in [0, 0.1) is 5.92 Å². The van der Waals surface area contributed by atoms with Crippen LogP contribution in [0.2, 0.25) is 5.02 Å². The third-order valence-electron chi connectivity index (χ3n) is 5.24. The third-order valence-corrected chi connectivity index (χ3v) is 6.75. The molecule has 1 heterocycles. The van der Waals surface area contributed by atoms with Crippen LogP contribution in [0.4, 0.5) is 5.69 Å². The standard InChI is InChI=1S/C23H29ClN2O4S/c1-14(2)19(13-27)25-9-10-30-21-8-6-17(29-4)12-18(21)23-26(15(3)28)20-7-5-16(24)11-22(20)31-23/h5-8,11-12,14,19,23,25,27H,9-10,13H2,1-4H3/t19-,23?/m1/s1. The van der Waals surface area contributed by atoms with Gasteiger partial charge in [0.1, 0.15) is 23.5 Å². The van der Waals surface area contributed by atoms with Gasteiger partial charge in [-0.15, -0.1) is 0 Å². The largest absolute Gasteiger partial charge is 0.497 e. The van der Waals surface area contributed by atoms with Gasteiger partial charge in [-0.3, -0.25) is 9.69 Å².